The van der Waals surface area contributed by atoms with Crippen molar-refractivity contribution >= 4 is 17.6 Å². The molecule has 2 N–H and O–H groups in total. The molecule has 0 aromatic heterocycles. The molecule has 150 valence electrons. The number of para-hydroxylation sites is 1. The van der Waals surface area contributed by atoms with Crippen LogP contribution in [0.5, 0.6) is 0 Å². The van der Waals surface area contributed by atoms with E-state index in [-0.39, 0.29) is 0 Å². The fourth-order valence-electron chi connectivity index (χ4n) is 3.06. The van der Waals surface area contributed by atoms with Crippen molar-refractivity contribution in [2.45, 2.75) is 25.3 Å². The lowest BCUT2D eigenvalue weighted by Gasteiger charge is -2.30. The van der Waals surface area contributed by atoms with Crippen LogP contribution in [0.4, 0.5) is 5.69 Å². The molecule has 0 saturated carbocycles. The summed E-state index contributed by atoms with van der Waals surface area (Å²) in [5.74, 6) is -2.51. The van der Waals surface area contributed by atoms with Gasteiger partial charge in [0.2, 0.25) is 0 Å². The first kappa shape index (κ1) is 22.7. The number of hydrogen-bond acceptors (Lipinski definition) is 5. The molecule has 0 amide bonds. The lowest BCUT2D eigenvalue weighted by Crippen LogP contribution is -2.39. The average molecular weight is 378 g/mol. The fourth-order valence-corrected chi connectivity index (χ4v) is 3.06. The molecule has 1 atom stereocenters. The van der Waals surface area contributed by atoms with Crippen LogP contribution in [0.25, 0.3) is 0 Å². The van der Waals surface area contributed by atoms with E-state index in [4.69, 9.17) is 14.9 Å². The Morgan fingerprint density at radius 2 is 1.85 bits per heavy atom. The number of hydrogen-bond donors (Lipinski definition) is 2. The summed E-state index contributed by atoms with van der Waals surface area (Å²) >= 11 is 0. The van der Waals surface area contributed by atoms with Crippen molar-refractivity contribution in [1.82, 2.24) is 4.90 Å². The molecule has 1 unspecified atom stereocenters. The zero-order valence-electron chi connectivity index (χ0n) is 16.1. The summed E-state index contributed by atoms with van der Waals surface area (Å²) in [6.45, 7) is 4.32. The summed E-state index contributed by atoms with van der Waals surface area (Å²) in [6, 6.07) is 11.5. The molecule has 7 nitrogen and oxygen atoms in total. The first-order valence-electron chi connectivity index (χ1n) is 9.07. The van der Waals surface area contributed by atoms with Gasteiger partial charge < -0.3 is 24.7 Å². The van der Waals surface area contributed by atoms with Crippen LogP contribution in [0.2, 0.25) is 0 Å². The normalized spacial score (nSPS) is 16.4. The summed E-state index contributed by atoms with van der Waals surface area (Å²) < 4.78 is 5.12. The Labute approximate surface area is 160 Å². The standard InChI is InChI=1S/C16H26N2O.C4H4O4/c1-17(11-7-13-19-2)14-16-10-6-12-18(16)15-8-4-3-5-9-15;5-3(6)1-2-4(7)8/h3-5,8-9,16H,6-7,10-14H2,1-2H3;1-2H,(H,5,6)(H,7,8). The molecule has 0 aliphatic carbocycles. The van der Waals surface area contributed by atoms with Crippen LogP contribution in [-0.2, 0) is 14.3 Å². The molecule has 1 aromatic carbocycles. The third kappa shape index (κ3) is 9.77. The Hall–Kier alpha value is -2.38. The molecular weight excluding hydrogens is 348 g/mol. The van der Waals surface area contributed by atoms with Gasteiger partial charge in [0.05, 0.1) is 0 Å². The zero-order chi connectivity index (χ0) is 20.1. The van der Waals surface area contributed by atoms with E-state index in [0.29, 0.717) is 18.2 Å². The van der Waals surface area contributed by atoms with Gasteiger partial charge in [-0.3, -0.25) is 0 Å². The topological polar surface area (TPSA) is 90.3 Å². The van der Waals surface area contributed by atoms with E-state index in [1.54, 1.807) is 7.11 Å². The number of carboxylic acid groups (broad SMARTS) is 2. The van der Waals surface area contributed by atoms with Crippen LogP contribution in [0.1, 0.15) is 19.3 Å². The third-order valence-electron chi connectivity index (χ3n) is 4.24. The maximum Gasteiger partial charge on any atom is 0.328 e. The number of carbonyl (C=O) groups is 2. The van der Waals surface area contributed by atoms with Gasteiger partial charge in [-0.25, -0.2) is 9.59 Å². The Morgan fingerprint density at radius 1 is 1.22 bits per heavy atom. The number of likely N-dealkylation sites (N-methyl/N-ethyl adjacent to an activating group) is 1. The van der Waals surface area contributed by atoms with Gasteiger partial charge in [0.15, 0.2) is 0 Å². The summed E-state index contributed by atoms with van der Waals surface area (Å²) in [7, 11) is 3.99. The quantitative estimate of drug-likeness (QED) is 0.503. The summed E-state index contributed by atoms with van der Waals surface area (Å²) in [4.78, 5) is 24.1. The minimum atomic E-state index is -1.26. The predicted molar refractivity (Wildman–Crippen MR) is 105 cm³/mol. The second-order valence-corrected chi connectivity index (χ2v) is 6.44. The molecule has 1 saturated heterocycles. The maximum atomic E-state index is 9.55. The Kier molecular flexibility index (Phi) is 10.8. The summed E-state index contributed by atoms with van der Waals surface area (Å²) in [5.41, 5.74) is 1.37. The Bertz CT molecular complexity index is 575. The van der Waals surface area contributed by atoms with Crippen molar-refractivity contribution in [3.63, 3.8) is 0 Å². The smallest absolute Gasteiger partial charge is 0.328 e. The Morgan fingerprint density at radius 3 is 2.41 bits per heavy atom. The lowest BCUT2D eigenvalue weighted by molar-refractivity contribution is -0.134. The lowest BCUT2D eigenvalue weighted by atomic mass is 10.2. The number of methoxy groups -OCH3 is 1. The zero-order valence-corrected chi connectivity index (χ0v) is 16.1. The van der Waals surface area contributed by atoms with Crippen LogP contribution >= 0.6 is 0 Å². The number of ether oxygens (including phenoxy) is 1. The maximum absolute atomic E-state index is 9.55. The fraction of sp³-hybridized carbons (Fsp3) is 0.500. The van der Waals surface area contributed by atoms with Crippen LogP contribution in [0.15, 0.2) is 42.5 Å². The van der Waals surface area contributed by atoms with Gasteiger partial charge in [0, 0.05) is 57.2 Å². The number of carboxylic acids is 2. The summed E-state index contributed by atoms with van der Waals surface area (Å²) in [5, 5.41) is 15.6. The van der Waals surface area contributed by atoms with E-state index in [9.17, 15) is 9.59 Å². The van der Waals surface area contributed by atoms with Gasteiger partial charge in [-0.15, -0.1) is 0 Å². The minimum absolute atomic E-state index is 0.558. The molecule has 27 heavy (non-hydrogen) atoms. The van der Waals surface area contributed by atoms with Gasteiger partial charge in [0.25, 0.3) is 0 Å². The molecule has 1 aliphatic heterocycles. The summed E-state index contributed by atoms with van der Waals surface area (Å²) in [6.07, 6.45) is 4.85. The highest BCUT2D eigenvalue weighted by atomic mass is 16.5. The number of benzene rings is 1. The SMILES string of the molecule is COCCCN(C)CC1CCCN1c1ccccc1.O=C(O)C=CC(=O)O. The second kappa shape index (κ2) is 12.9. The van der Waals surface area contributed by atoms with Gasteiger partial charge in [-0.05, 0) is 38.4 Å². The van der Waals surface area contributed by atoms with Crippen LogP contribution in [0, 0.1) is 0 Å². The monoisotopic (exact) mass is 378 g/mol. The largest absolute Gasteiger partial charge is 0.478 e. The van der Waals surface area contributed by atoms with Crippen molar-refractivity contribution in [3.05, 3.63) is 42.5 Å². The van der Waals surface area contributed by atoms with Crippen molar-refractivity contribution < 1.29 is 24.5 Å². The van der Waals surface area contributed by atoms with Gasteiger partial charge in [-0.1, -0.05) is 18.2 Å². The molecule has 1 aromatic rings. The molecule has 7 heteroatoms. The van der Waals surface area contributed by atoms with E-state index in [2.05, 4.69) is 47.2 Å². The van der Waals surface area contributed by atoms with Crippen molar-refractivity contribution in [2.75, 3.05) is 45.3 Å². The second-order valence-electron chi connectivity index (χ2n) is 6.44. The predicted octanol–water partition coefficient (Wildman–Crippen LogP) is 2.34. The van der Waals surface area contributed by atoms with Crippen LogP contribution < -0.4 is 4.90 Å². The first-order valence-corrected chi connectivity index (χ1v) is 9.07. The van der Waals surface area contributed by atoms with Crippen LogP contribution in [0.3, 0.4) is 0 Å². The molecule has 1 heterocycles. The number of rotatable bonds is 9. The van der Waals surface area contributed by atoms with E-state index in [1.165, 1.54) is 25.1 Å². The van der Waals surface area contributed by atoms with Crippen molar-refractivity contribution in [1.29, 1.82) is 0 Å². The number of nitrogens with zero attached hydrogens (tertiary/aromatic N) is 2. The Balaban J connectivity index is 0.000000387. The minimum Gasteiger partial charge on any atom is -0.478 e. The van der Waals surface area contributed by atoms with Gasteiger partial charge >= 0.3 is 11.9 Å². The molecule has 0 bridgehead atoms. The van der Waals surface area contributed by atoms with E-state index in [0.717, 1.165) is 26.1 Å². The van der Waals surface area contributed by atoms with Gasteiger partial charge in [0.1, 0.15) is 0 Å². The van der Waals surface area contributed by atoms with Crippen LogP contribution in [-0.4, -0.2) is 73.5 Å². The molecule has 0 radical (unpaired) electrons. The number of anilines is 1. The highest BCUT2D eigenvalue weighted by molar-refractivity contribution is 5.89. The highest BCUT2D eigenvalue weighted by Crippen LogP contribution is 2.25. The van der Waals surface area contributed by atoms with E-state index in [1.807, 2.05) is 0 Å². The van der Waals surface area contributed by atoms with E-state index < -0.39 is 11.9 Å². The first-order chi connectivity index (χ1) is 12.9. The molecule has 0 spiro atoms. The molecule has 2 rings (SSSR count). The van der Waals surface area contributed by atoms with Crippen molar-refractivity contribution in [3.8, 4) is 0 Å². The van der Waals surface area contributed by atoms with Crippen molar-refractivity contribution in [2.24, 2.45) is 0 Å². The molecular formula is C20H30N2O5. The van der Waals surface area contributed by atoms with E-state index >= 15 is 0 Å². The molecule has 1 fully saturated rings. The highest BCUT2D eigenvalue weighted by Gasteiger charge is 2.25. The third-order valence-corrected chi connectivity index (χ3v) is 4.24. The molecule has 1 aliphatic rings. The van der Waals surface area contributed by atoms with Gasteiger partial charge in [-0.2, -0.15) is 0 Å². The number of aliphatic carboxylic acids is 2. The average Bonchev–Trinajstić information content (AvgIpc) is 3.09.